The van der Waals surface area contributed by atoms with E-state index in [-0.39, 0.29) is 23.8 Å². The number of hydrogen-bond donors (Lipinski definition) is 1. The molecule has 3 atom stereocenters. The lowest BCUT2D eigenvalue weighted by atomic mass is 10.0. The number of carbonyl (C=O) groups excluding carboxylic acids is 1. The van der Waals surface area contributed by atoms with Crippen molar-refractivity contribution < 1.29 is 9.18 Å². The van der Waals surface area contributed by atoms with Crippen molar-refractivity contribution in [2.45, 2.75) is 25.4 Å². The Morgan fingerprint density at radius 1 is 1.44 bits per heavy atom. The van der Waals surface area contributed by atoms with Gasteiger partial charge in [0.15, 0.2) is 0 Å². The molecule has 1 aromatic rings. The molecule has 1 amide bonds. The molecule has 2 aliphatic heterocycles. The molecule has 1 N–H and O–H groups in total. The zero-order valence-corrected chi connectivity index (χ0v) is 10.4. The maximum Gasteiger partial charge on any atom is 0.254 e. The molecule has 3 nitrogen and oxygen atoms in total. The number of nitrogens with one attached hydrogen (secondary N) is 1. The second-order valence-electron chi connectivity index (χ2n) is 5.29. The molecule has 2 heterocycles. The Hall–Kier alpha value is -1.42. The van der Waals surface area contributed by atoms with Crippen LogP contribution in [-0.2, 0) is 0 Å². The van der Waals surface area contributed by atoms with Crippen LogP contribution in [0.2, 0.25) is 0 Å². The van der Waals surface area contributed by atoms with E-state index in [1.807, 2.05) is 4.90 Å². The van der Waals surface area contributed by atoms with Crippen molar-refractivity contribution in [1.29, 1.82) is 0 Å². The van der Waals surface area contributed by atoms with Crippen LogP contribution < -0.4 is 5.32 Å². The maximum absolute atomic E-state index is 13.2. The van der Waals surface area contributed by atoms with Gasteiger partial charge < -0.3 is 10.2 Å². The molecule has 3 unspecified atom stereocenters. The van der Waals surface area contributed by atoms with Gasteiger partial charge in [-0.15, -0.1) is 0 Å². The number of benzene rings is 1. The number of amides is 1. The van der Waals surface area contributed by atoms with Gasteiger partial charge in [-0.2, -0.15) is 0 Å². The largest absolute Gasteiger partial charge is 0.331 e. The highest BCUT2D eigenvalue weighted by Crippen LogP contribution is 2.33. The normalized spacial score (nSPS) is 30.6. The molecule has 18 heavy (non-hydrogen) atoms. The Bertz CT molecular complexity index is 477. The first kappa shape index (κ1) is 11.7. The molecule has 2 saturated heterocycles. The molecule has 1 aromatic carbocycles. The minimum Gasteiger partial charge on any atom is -0.331 e. The summed E-state index contributed by atoms with van der Waals surface area (Å²) in [7, 11) is 0. The number of halogens is 1. The first-order valence-electron chi connectivity index (χ1n) is 6.46. The molecule has 0 bridgehead atoms. The molecule has 4 heteroatoms. The molecule has 0 aromatic heterocycles. The van der Waals surface area contributed by atoms with Crippen LogP contribution in [-0.4, -0.2) is 36.0 Å². The van der Waals surface area contributed by atoms with Gasteiger partial charge in [0.1, 0.15) is 5.82 Å². The van der Waals surface area contributed by atoms with Crippen molar-refractivity contribution in [3.05, 3.63) is 35.6 Å². The van der Waals surface area contributed by atoms with Crippen LogP contribution >= 0.6 is 0 Å². The summed E-state index contributed by atoms with van der Waals surface area (Å²) in [5, 5.41) is 3.32. The highest BCUT2D eigenvalue weighted by atomic mass is 19.1. The van der Waals surface area contributed by atoms with Crippen molar-refractivity contribution in [3.8, 4) is 0 Å². The molecular formula is C14H17FN2O. The van der Waals surface area contributed by atoms with Crippen molar-refractivity contribution in [2.24, 2.45) is 5.92 Å². The molecular weight excluding hydrogens is 231 g/mol. The van der Waals surface area contributed by atoms with Crippen molar-refractivity contribution in [2.75, 3.05) is 13.1 Å². The second kappa shape index (κ2) is 4.35. The lowest BCUT2D eigenvalue weighted by Crippen LogP contribution is -2.42. The fraction of sp³-hybridized carbons (Fsp3) is 0.500. The van der Waals surface area contributed by atoms with Crippen LogP contribution in [0.15, 0.2) is 24.3 Å². The lowest BCUT2D eigenvalue weighted by Gasteiger charge is -2.27. The lowest BCUT2D eigenvalue weighted by molar-refractivity contribution is 0.0681. The van der Waals surface area contributed by atoms with Crippen molar-refractivity contribution in [1.82, 2.24) is 10.2 Å². The Labute approximate surface area is 106 Å². The zero-order valence-electron chi connectivity index (χ0n) is 10.4. The number of likely N-dealkylation sites (tertiary alicyclic amines) is 1. The Morgan fingerprint density at radius 3 is 3.06 bits per heavy atom. The van der Waals surface area contributed by atoms with Crippen molar-refractivity contribution in [3.63, 3.8) is 0 Å². The van der Waals surface area contributed by atoms with Gasteiger partial charge in [-0.3, -0.25) is 4.79 Å². The Kier molecular flexibility index (Phi) is 2.82. The standard InChI is InChI=1S/C14H17FN2O/c1-9-5-11-7-16-8-13(11)17(9)14(18)10-3-2-4-12(15)6-10/h2-4,6,9,11,13,16H,5,7-8H2,1H3. The Morgan fingerprint density at radius 2 is 2.28 bits per heavy atom. The first-order valence-corrected chi connectivity index (χ1v) is 6.46. The quantitative estimate of drug-likeness (QED) is 0.819. The topological polar surface area (TPSA) is 32.3 Å². The fourth-order valence-electron chi connectivity index (χ4n) is 3.29. The predicted molar refractivity (Wildman–Crippen MR) is 66.8 cm³/mol. The summed E-state index contributed by atoms with van der Waals surface area (Å²) < 4.78 is 13.2. The van der Waals surface area contributed by atoms with Crippen LogP contribution in [0.1, 0.15) is 23.7 Å². The van der Waals surface area contributed by atoms with Gasteiger partial charge in [-0.1, -0.05) is 6.07 Å². The highest BCUT2D eigenvalue weighted by Gasteiger charge is 2.44. The van der Waals surface area contributed by atoms with Crippen LogP contribution in [0.4, 0.5) is 4.39 Å². The van der Waals surface area contributed by atoms with Gasteiger partial charge in [0.05, 0.1) is 0 Å². The predicted octanol–water partition coefficient (Wildman–Crippen LogP) is 1.65. The summed E-state index contributed by atoms with van der Waals surface area (Å²) >= 11 is 0. The summed E-state index contributed by atoms with van der Waals surface area (Å²) in [6.45, 7) is 3.92. The van der Waals surface area contributed by atoms with E-state index in [9.17, 15) is 9.18 Å². The summed E-state index contributed by atoms with van der Waals surface area (Å²) in [6, 6.07) is 6.49. The number of fused-ring (bicyclic) bond motifs is 1. The Balaban J connectivity index is 1.87. The number of rotatable bonds is 1. The van der Waals surface area contributed by atoms with E-state index in [1.165, 1.54) is 12.1 Å². The van der Waals surface area contributed by atoms with E-state index in [4.69, 9.17) is 0 Å². The molecule has 0 saturated carbocycles. The average molecular weight is 248 g/mol. The third kappa shape index (κ3) is 1.81. The third-order valence-corrected chi connectivity index (χ3v) is 4.09. The summed E-state index contributed by atoms with van der Waals surface area (Å²) in [6.07, 6.45) is 1.04. The second-order valence-corrected chi connectivity index (χ2v) is 5.29. The van der Waals surface area contributed by atoms with Crippen LogP contribution in [0.3, 0.4) is 0 Å². The highest BCUT2D eigenvalue weighted by molar-refractivity contribution is 5.95. The van der Waals surface area contributed by atoms with E-state index >= 15 is 0 Å². The van der Waals surface area contributed by atoms with E-state index < -0.39 is 0 Å². The average Bonchev–Trinajstić information content (AvgIpc) is 2.88. The van der Waals surface area contributed by atoms with Gasteiger partial charge in [-0.05, 0) is 37.5 Å². The van der Waals surface area contributed by atoms with E-state index in [2.05, 4.69) is 12.2 Å². The van der Waals surface area contributed by atoms with Gasteiger partial charge in [0.2, 0.25) is 0 Å². The SMILES string of the molecule is CC1CC2CNCC2N1C(=O)c1cccc(F)c1. The van der Waals surface area contributed by atoms with Crippen LogP contribution in [0.25, 0.3) is 0 Å². The summed E-state index contributed by atoms with van der Waals surface area (Å²) in [5.41, 5.74) is 0.453. The third-order valence-electron chi connectivity index (χ3n) is 4.09. The van der Waals surface area contributed by atoms with Gasteiger partial charge in [0, 0.05) is 30.7 Å². The fourth-order valence-corrected chi connectivity index (χ4v) is 3.29. The molecule has 0 aliphatic carbocycles. The van der Waals surface area contributed by atoms with E-state index in [1.54, 1.807) is 12.1 Å². The number of hydrogen-bond acceptors (Lipinski definition) is 2. The van der Waals surface area contributed by atoms with Gasteiger partial charge in [-0.25, -0.2) is 4.39 Å². The van der Waals surface area contributed by atoms with E-state index in [0.717, 1.165) is 19.5 Å². The minimum absolute atomic E-state index is 0.0433. The van der Waals surface area contributed by atoms with Crippen LogP contribution in [0.5, 0.6) is 0 Å². The van der Waals surface area contributed by atoms with E-state index in [0.29, 0.717) is 11.5 Å². The summed E-state index contributed by atoms with van der Waals surface area (Å²) in [4.78, 5) is 14.4. The zero-order chi connectivity index (χ0) is 12.7. The van der Waals surface area contributed by atoms with Crippen LogP contribution in [0, 0.1) is 11.7 Å². The minimum atomic E-state index is -0.353. The monoisotopic (exact) mass is 248 g/mol. The smallest absolute Gasteiger partial charge is 0.254 e. The molecule has 2 aliphatic rings. The number of carbonyl (C=O) groups is 1. The van der Waals surface area contributed by atoms with Gasteiger partial charge in [0.25, 0.3) is 5.91 Å². The molecule has 96 valence electrons. The molecule has 0 radical (unpaired) electrons. The van der Waals surface area contributed by atoms with Gasteiger partial charge >= 0.3 is 0 Å². The molecule has 2 fully saturated rings. The first-order chi connectivity index (χ1) is 8.66. The molecule has 0 spiro atoms. The maximum atomic E-state index is 13.2. The van der Waals surface area contributed by atoms with Crippen molar-refractivity contribution >= 4 is 5.91 Å². The molecule has 3 rings (SSSR count). The number of nitrogens with zero attached hydrogens (tertiary/aromatic N) is 1. The summed E-state index contributed by atoms with van der Waals surface area (Å²) in [5.74, 6) is 0.157.